The fourth-order valence-electron chi connectivity index (χ4n) is 2.60. The summed E-state index contributed by atoms with van der Waals surface area (Å²) in [6, 6.07) is 7.68. The monoisotopic (exact) mass is 216 g/mol. The second-order valence-electron chi connectivity index (χ2n) is 5.09. The summed E-state index contributed by atoms with van der Waals surface area (Å²) in [5, 5.41) is 0. The predicted octanol–water partition coefficient (Wildman–Crippen LogP) is 2.76. The summed E-state index contributed by atoms with van der Waals surface area (Å²) in [5.74, 6) is 0.0115. The maximum atomic E-state index is 12.2. The van der Waals surface area contributed by atoms with E-state index in [-0.39, 0.29) is 22.9 Å². The number of benzene rings is 1. The van der Waals surface area contributed by atoms with Gasteiger partial charge < -0.3 is 4.79 Å². The Morgan fingerprint density at radius 3 is 2.50 bits per heavy atom. The first-order valence-corrected chi connectivity index (χ1v) is 5.57. The molecular weight excluding hydrogens is 200 g/mol. The Balaban J connectivity index is 2.48. The van der Waals surface area contributed by atoms with Crippen LogP contribution in [0, 0.1) is 5.92 Å². The largest absolute Gasteiger partial charge is 0.300 e. The zero-order chi connectivity index (χ0) is 11.9. The van der Waals surface area contributed by atoms with Crippen LogP contribution in [0.3, 0.4) is 0 Å². The van der Waals surface area contributed by atoms with Gasteiger partial charge in [-0.25, -0.2) is 0 Å². The van der Waals surface area contributed by atoms with E-state index < -0.39 is 0 Å². The quantitative estimate of drug-likeness (QED) is 0.761. The predicted molar refractivity (Wildman–Crippen MR) is 62.6 cm³/mol. The molecule has 2 nitrogen and oxygen atoms in total. The van der Waals surface area contributed by atoms with Crippen LogP contribution >= 0.6 is 0 Å². The van der Waals surface area contributed by atoms with Crippen molar-refractivity contribution >= 4 is 11.6 Å². The maximum Gasteiger partial charge on any atom is 0.167 e. The second kappa shape index (κ2) is 3.55. The van der Waals surface area contributed by atoms with Gasteiger partial charge in [-0.15, -0.1) is 0 Å². The van der Waals surface area contributed by atoms with Crippen LogP contribution in [-0.2, 0) is 10.2 Å². The van der Waals surface area contributed by atoms with Crippen molar-refractivity contribution in [1.29, 1.82) is 0 Å². The van der Waals surface area contributed by atoms with Gasteiger partial charge in [0.2, 0.25) is 0 Å². The Kier molecular flexibility index (Phi) is 2.45. The Morgan fingerprint density at radius 1 is 1.31 bits per heavy atom. The average molecular weight is 216 g/mol. The molecule has 0 aromatic heterocycles. The number of carbonyl (C=O) groups excluding carboxylic acids is 2. The molecule has 1 aliphatic rings. The molecule has 2 heteroatoms. The van der Waals surface area contributed by atoms with E-state index >= 15 is 0 Å². The van der Waals surface area contributed by atoms with Crippen LogP contribution in [0.2, 0.25) is 0 Å². The van der Waals surface area contributed by atoms with Crippen molar-refractivity contribution in [1.82, 2.24) is 0 Å². The second-order valence-corrected chi connectivity index (χ2v) is 5.09. The first kappa shape index (κ1) is 11.1. The lowest BCUT2D eigenvalue weighted by Gasteiger charge is -2.26. The highest BCUT2D eigenvalue weighted by Crippen LogP contribution is 2.44. The number of Topliss-reactive ketones (excluding diaryl/α,β-unsaturated/α-hetero) is 2. The van der Waals surface area contributed by atoms with Crippen LogP contribution in [0.4, 0.5) is 0 Å². The molecule has 2 rings (SSSR count). The van der Waals surface area contributed by atoms with Crippen molar-refractivity contribution < 1.29 is 9.59 Å². The third kappa shape index (κ3) is 1.49. The van der Waals surface area contributed by atoms with Gasteiger partial charge in [-0.1, -0.05) is 38.1 Å². The lowest BCUT2D eigenvalue weighted by atomic mass is 9.76. The van der Waals surface area contributed by atoms with E-state index in [1.54, 1.807) is 6.92 Å². The summed E-state index contributed by atoms with van der Waals surface area (Å²) in [7, 11) is 0. The minimum absolute atomic E-state index is 0.0826. The summed E-state index contributed by atoms with van der Waals surface area (Å²) < 4.78 is 0. The molecule has 0 aliphatic heterocycles. The number of ketones is 2. The topological polar surface area (TPSA) is 34.1 Å². The van der Waals surface area contributed by atoms with E-state index in [9.17, 15) is 9.59 Å². The maximum absolute atomic E-state index is 12.2. The molecule has 16 heavy (non-hydrogen) atoms. The first-order chi connectivity index (χ1) is 7.44. The minimum atomic E-state index is -0.223. The molecule has 0 bridgehead atoms. The van der Waals surface area contributed by atoms with Gasteiger partial charge in [-0.3, -0.25) is 4.79 Å². The smallest absolute Gasteiger partial charge is 0.167 e. The normalized spacial score (nSPS) is 21.9. The van der Waals surface area contributed by atoms with E-state index in [0.717, 1.165) is 11.1 Å². The standard InChI is InChI=1S/C14H16O2/c1-9(15)8-12-13(16)10-6-4-5-7-11(10)14(12,2)3/h4-7,12H,8H2,1-3H3. The summed E-state index contributed by atoms with van der Waals surface area (Å²) in [6.45, 7) is 5.64. The fourth-order valence-corrected chi connectivity index (χ4v) is 2.60. The van der Waals surface area contributed by atoms with Gasteiger partial charge in [0.25, 0.3) is 0 Å². The van der Waals surface area contributed by atoms with E-state index in [1.807, 2.05) is 38.1 Å². The molecule has 0 saturated carbocycles. The number of fused-ring (bicyclic) bond motifs is 1. The van der Waals surface area contributed by atoms with Crippen molar-refractivity contribution in [2.75, 3.05) is 0 Å². The van der Waals surface area contributed by atoms with Crippen molar-refractivity contribution in [3.8, 4) is 0 Å². The Hall–Kier alpha value is -1.44. The fraction of sp³-hybridized carbons (Fsp3) is 0.429. The zero-order valence-corrected chi connectivity index (χ0v) is 9.91. The summed E-state index contributed by atoms with van der Waals surface area (Å²) in [5.41, 5.74) is 1.64. The molecular formula is C14H16O2. The SMILES string of the molecule is CC(=O)CC1C(=O)c2ccccc2C1(C)C. The summed E-state index contributed by atoms with van der Waals surface area (Å²) in [4.78, 5) is 23.4. The van der Waals surface area contributed by atoms with Crippen LogP contribution < -0.4 is 0 Å². The molecule has 1 aromatic rings. The highest BCUT2D eigenvalue weighted by molar-refractivity contribution is 6.05. The van der Waals surface area contributed by atoms with Crippen LogP contribution in [0.25, 0.3) is 0 Å². The molecule has 1 unspecified atom stereocenters. The lowest BCUT2D eigenvalue weighted by molar-refractivity contribution is -0.118. The van der Waals surface area contributed by atoms with Gasteiger partial charge in [0.15, 0.2) is 5.78 Å². The molecule has 0 N–H and O–H groups in total. The molecule has 0 fully saturated rings. The molecule has 0 saturated heterocycles. The highest BCUT2D eigenvalue weighted by atomic mass is 16.1. The highest BCUT2D eigenvalue weighted by Gasteiger charge is 2.45. The Bertz CT molecular complexity index is 458. The number of hydrogen-bond acceptors (Lipinski definition) is 2. The molecule has 1 aromatic carbocycles. The Labute approximate surface area is 95.7 Å². The van der Waals surface area contributed by atoms with Gasteiger partial charge in [-0.2, -0.15) is 0 Å². The molecule has 0 amide bonds. The molecule has 1 atom stereocenters. The molecule has 84 valence electrons. The van der Waals surface area contributed by atoms with Crippen LogP contribution in [0.1, 0.15) is 43.1 Å². The van der Waals surface area contributed by atoms with Gasteiger partial charge in [0.1, 0.15) is 5.78 Å². The van der Waals surface area contributed by atoms with Gasteiger partial charge in [0, 0.05) is 23.3 Å². The van der Waals surface area contributed by atoms with Gasteiger partial charge in [0.05, 0.1) is 0 Å². The van der Waals surface area contributed by atoms with Crippen molar-refractivity contribution in [2.24, 2.45) is 5.92 Å². The minimum Gasteiger partial charge on any atom is -0.300 e. The van der Waals surface area contributed by atoms with E-state index in [2.05, 4.69) is 0 Å². The molecule has 0 spiro atoms. The van der Waals surface area contributed by atoms with Crippen LogP contribution in [0.15, 0.2) is 24.3 Å². The first-order valence-electron chi connectivity index (χ1n) is 5.57. The van der Waals surface area contributed by atoms with Crippen molar-refractivity contribution in [2.45, 2.75) is 32.6 Å². The molecule has 0 radical (unpaired) electrons. The molecule has 1 aliphatic carbocycles. The third-order valence-corrected chi connectivity index (χ3v) is 3.57. The van der Waals surface area contributed by atoms with Crippen molar-refractivity contribution in [3.63, 3.8) is 0 Å². The number of rotatable bonds is 2. The number of carbonyl (C=O) groups is 2. The lowest BCUT2D eigenvalue weighted by Crippen LogP contribution is -2.28. The Morgan fingerprint density at radius 2 is 1.94 bits per heavy atom. The van der Waals surface area contributed by atoms with E-state index in [0.29, 0.717) is 6.42 Å². The van der Waals surface area contributed by atoms with Crippen molar-refractivity contribution in [3.05, 3.63) is 35.4 Å². The van der Waals surface area contributed by atoms with Gasteiger partial charge in [-0.05, 0) is 12.5 Å². The van der Waals surface area contributed by atoms with E-state index in [4.69, 9.17) is 0 Å². The van der Waals surface area contributed by atoms with E-state index in [1.165, 1.54) is 0 Å². The third-order valence-electron chi connectivity index (χ3n) is 3.57. The van der Waals surface area contributed by atoms with Crippen LogP contribution in [0.5, 0.6) is 0 Å². The summed E-state index contributed by atoms with van der Waals surface area (Å²) >= 11 is 0. The average Bonchev–Trinajstić information content (AvgIpc) is 2.41. The molecule has 0 heterocycles. The van der Waals surface area contributed by atoms with Gasteiger partial charge >= 0.3 is 0 Å². The zero-order valence-electron chi connectivity index (χ0n) is 9.91. The number of hydrogen-bond donors (Lipinski definition) is 0. The van der Waals surface area contributed by atoms with Crippen LogP contribution in [-0.4, -0.2) is 11.6 Å². The summed E-state index contributed by atoms with van der Waals surface area (Å²) in [6.07, 6.45) is 0.348.